The van der Waals surface area contributed by atoms with Crippen molar-refractivity contribution < 1.29 is 54.0 Å². The van der Waals surface area contributed by atoms with E-state index in [1.54, 1.807) is 0 Å². The molecule has 0 aromatic rings. The number of rotatable bonds is 6. The summed E-state index contributed by atoms with van der Waals surface area (Å²) in [5, 5.41) is 20.4. The summed E-state index contributed by atoms with van der Waals surface area (Å²) in [5.74, 6) is -3.75. The third-order valence-electron chi connectivity index (χ3n) is 1.42. The number of hydrogen-bond donors (Lipinski definition) is 4. The second kappa shape index (κ2) is 6.96. The van der Waals surface area contributed by atoms with E-state index in [1.807, 2.05) is 0 Å². The van der Waals surface area contributed by atoms with Crippen molar-refractivity contribution in [2.24, 2.45) is 0 Å². The molecule has 0 saturated heterocycles. The van der Waals surface area contributed by atoms with Crippen LogP contribution in [0.3, 0.4) is 0 Å². The standard InChI is InChI=1S/2C3H5O3.2H3N.2H2O.O.Ti/c2*1-2(4)3(5)6;;;;;;/h2*2H,1H3,(H,5,6);2*1H3;2*1H2;;/q2*-1;;;;;;+4/p-2. The molecule has 0 radical (unpaired) electrons. The first-order chi connectivity index (χ1) is 6.92. The Hall–Kier alpha value is -0.786. The van der Waals surface area contributed by atoms with E-state index in [1.165, 1.54) is 0 Å². The number of carboxylic acids is 2. The summed E-state index contributed by atoms with van der Waals surface area (Å²) >= 11 is -7.22. The fourth-order valence-corrected chi connectivity index (χ4v) is 3.01. The van der Waals surface area contributed by atoms with E-state index in [-0.39, 0.29) is 12.3 Å². The minimum Gasteiger partial charge on any atom is -0.369 e. The Balaban J connectivity index is -0.00000112. The van der Waals surface area contributed by atoms with Crippen LogP contribution in [0, 0.1) is 0 Å². The molecule has 12 heteroatoms. The summed E-state index contributed by atoms with van der Waals surface area (Å²) in [4.78, 5) is 20.4. The molecule has 0 fully saturated rings. The normalized spacial score (nSPS) is 14.7. The van der Waals surface area contributed by atoms with Crippen molar-refractivity contribution in [1.82, 2.24) is 12.3 Å². The van der Waals surface area contributed by atoms with E-state index in [4.69, 9.17) is 7.38 Å². The molecule has 0 amide bonds. The quantitative estimate of drug-likeness (QED) is 0.360. The van der Waals surface area contributed by atoms with Crippen LogP contribution in [0.5, 0.6) is 0 Å². The molecule has 0 saturated carbocycles. The number of hydrogen-bond acceptors (Lipinski definition) is 7. The molecular weight excluding hydrogens is 292 g/mol. The number of carbonyl (C=O) groups is 2. The van der Waals surface area contributed by atoms with Gasteiger partial charge in [-0.15, -0.1) is 0 Å². The summed E-state index contributed by atoms with van der Waals surface area (Å²) in [6, 6.07) is 0. The zero-order chi connectivity index (χ0) is 13.2. The van der Waals surface area contributed by atoms with Gasteiger partial charge >= 0.3 is 92.0 Å². The molecule has 0 bridgehead atoms. The van der Waals surface area contributed by atoms with Crippen LogP contribution in [-0.4, -0.2) is 31.5 Å². The van der Waals surface area contributed by atoms with Gasteiger partial charge in [0.2, 0.25) is 0 Å². The van der Waals surface area contributed by atoms with Crippen molar-refractivity contribution in [3.05, 3.63) is 0 Å². The van der Waals surface area contributed by atoms with Crippen molar-refractivity contribution in [1.29, 1.82) is 0 Å². The average molecular weight is 310 g/mol. The molecular formula is C6H18N2O9Ti. The van der Waals surface area contributed by atoms with Gasteiger partial charge in [-0.3, -0.25) is 0 Å². The molecule has 18 heavy (non-hydrogen) atoms. The maximum Gasteiger partial charge on any atom is -0.369 e. The van der Waals surface area contributed by atoms with E-state index in [0.717, 1.165) is 13.8 Å². The molecule has 0 aromatic carbocycles. The third kappa shape index (κ3) is 8.33. The molecule has 2 unspecified atom stereocenters. The minimum atomic E-state index is -7.22. The Bertz CT molecular complexity index is 336. The summed E-state index contributed by atoms with van der Waals surface area (Å²) in [6.45, 7) is 1.60. The second-order valence-electron chi connectivity index (χ2n) is 3.06. The Morgan fingerprint density at radius 3 is 1.39 bits per heavy atom. The van der Waals surface area contributed by atoms with Crippen LogP contribution in [0.1, 0.15) is 13.8 Å². The Morgan fingerprint density at radius 1 is 1.00 bits per heavy atom. The Labute approximate surface area is 105 Å². The van der Waals surface area contributed by atoms with Gasteiger partial charge in [0.15, 0.2) is 0 Å². The Morgan fingerprint density at radius 2 is 1.22 bits per heavy atom. The maximum absolute atomic E-state index is 11.2. The van der Waals surface area contributed by atoms with E-state index >= 15 is 0 Å². The van der Waals surface area contributed by atoms with E-state index in [0.29, 0.717) is 0 Å². The van der Waals surface area contributed by atoms with Crippen molar-refractivity contribution in [2.75, 3.05) is 0 Å². The number of carboxylic acid groups (broad SMARTS) is 2. The predicted molar refractivity (Wildman–Crippen MR) is 48.2 cm³/mol. The van der Waals surface area contributed by atoms with Gasteiger partial charge < -0.3 is 12.3 Å². The second-order valence-corrected chi connectivity index (χ2v) is 6.60. The predicted octanol–water partition coefficient (Wildman–Crippen LogP) is -3.27. The summed E-state index contributed by atoms with van der Waals surface area (Å²) < 4.78 is 36.9. The molecule has 0 aliphatic rings. The van der Waals surface area contributed by atoms with Crippen LogP contribution in [0.25, 0.3) is 0 Å². The third-order valence-corrected chi connectivity index (χ3v) is 3.78. The first kappa shape index (κ1) is 22.4. The van der Waals surface area contributed by atoms with Crippen molar-refractivity contribution >= 4 is 11.9 Å². The van der Waals surface area contributed by atoms with Crippen molar-refractivity contribution in [2.45, 2.75) is 26.1 Å². The largest absolute Gasteiger partial charge is 0.369 e. The van der Waals surface area contributed by atoms with Gasteiger partial charge in [0.05, 0.1) is 0 Å². The van der Waals surface area contributed by atoms with Crippen molar-refractivity contribution in [3.8, 4) is 0 Å². The Kier molecular flexibility index (Phi) is 8.67. The molecule has 0 spiro atoms. The fourth-order valence-electron chi connectivity index (χ4n) is 0.729. The van der Waals surface area contributed by atoms with Crippen LogP contribution < -0.4 is 22.5 Å². The first-order valence-electron chi connectivity index (χ1n) is 4.08. The van der Waals surface area contributed by atoms with E-state index < -0.39 is 41.0 Å². The average Bonchev–Trinajstić information content (AvgIpc) is 2.00. The van der Waals surface area contributed by atoms with Gasteiger partial charge in [0.1, 0.15) is 0 Å². The summed E-state index contributed by atoms with van der Waals surface area (Å²) in [5.41, 5.74) is 0. The van der Waals surface area contributed by atoms with Gasteiger partial charge in [-0.25, -0.2) is 0 Å². The summed E-state index contributed by atoms with van der Waals surface area (Å²) in [6.07, 6.45) is -3.89. The zero-order valence-electron chi connectivity index (χ0n) is 10.4. The molecule has 10 N–H and O–H groups in total. The van der Waals surface area contributed by atoms with Crippen LogP contribution in [-0.2, 0) is 36.4 Å². The minimum absolute atomic E-state index is 0. The molecule has 0 aromatic heterocycles. The van der Waals surface area contributed by atoms with Gasteiger partial charge in [-0.1, -0.05) is 0 Å². The maximum atomic E-state index is 11.2. The van der Waals surface area contributed by atoms with Crippen LogP contribution in [0.4, 0.5) is 0 Å². The monoisotopic (exact) mass is 310 g/mol. The molecule has 2 atom stereocenters. The topological polar surface area (TPSA) is 229 Å². The van der Waals surface area contributed by atoms with Gasteiger partial charge in [0.25, 0.3) is 0 Å². The molecule has 0 rings (SSSR count). The molecule has 11 nitrogen and oxygen atoms in total. The number of carbonyl (C=O) groups excluding carboxylic acids is 2. The summed E-state index contributed by atoms with van der Waals surface area (Å²) in [7, 11) is 0. The van der Waals surface area contributed by atoms with Crippen LogP contribution in [0.2, 0.25) is 0 Å². The van der Waals surface area contributed by atoms with Crippen LogP contribution >= 0.6 is 0 Å². The van der Waals surface area contributed by atoms with Gasteiger partial charge in [-0.2, -0.15) is 0 Å². The SMILES string of the molecule is CC([O][Ti](=[O])([OH])([OH])[O]C(C)C(=O)[O-])C(=O)[O-].[NH4+].[NH4+]. The zero-order valence-corrected chi connectivity index (χ0v) is 12.0. The molecule has 0 aliphatic carbocycles. The first-order valence-corrected chi connectivity index (χ1v) is 7.39. The van der Waals surface area contributed by atoms with E-state index in [2.05, 4.69) is 6.64 Å². The number of quaternary nitrogens is 2. The number of aliphatic carboxylic acids is 2. The molecule has 0 aliphatic heterocycles. The smallest absolute Gasteiger partial charge is 0.369 e. The molecule has 110 valence electrons. The van der Waals surface area contributed by atoms with E-state index in [9.17, 15) is 23.1 Å². The molecule has 0 heterocycles. The fraction of sp³-hybridized carbons (Fsp3) is 0.667. The van der Waals surface area contributed by atoms with Crippen molar-refractivity contribution in [3.63, 3.8) is 0 Å². The van der Waals surface area contributed by atoms with Crippen LogP contribution in [0.15, 0.2) is 0 Å². The van der Waals surface area contributed by atoms with Gasteiger partial charge in [0, 0.05) is 0 Å². The van der Waals surface area contributed by atoms with Gasteiger partial charge in [-0.05, 0) is 0 Å².